The Balaban J connectivity index is 2.33. The SMILES string of the molecule is CC1CC(C#N)Nc2ccccc2N1. The number of hydrogen-bond donors (Lipinski definition) is 2. The van der Waals surface area contributed by atoms with Gasteiger partial charge in [0.2, 0.25) is 0 Å². The Morgan fingerprint density at radius 3 is 2.57 bits per heavy atom. The molecule has 1 aliphatic heterocycles. The van der Waals surface area contributed by atoms with Crippen molar-refractivity contribution >= 4 is 11.4 Å². The Morgan fingerprint density at radius 2 is 1.93 bits per heavy atom. The predicted octanol–water partition coefficient (Wildman–Crippen LogP) is 2.19. The normalized spacial score (nSPS) is 24.9. The molecule has 0 bridgehead atoms. The van der Waals surface area contributed by atoms with E-state index in [9.17, 15) is 0 Å². The van der Waals surface area contributed by atoms with Crippen LogP contribution in [0.5, 0.6) is 0 Å². The van der Waals surface area contributed by atoms with Gasteiger partial charge in [0.05, 0.1) is 17.4 Å². The van der Waals surface area contributed by atoms with E-state index in [1.54, 1.807) is 0 Å². The van der Waals surface area contributed by atoms with Crippen molar-refractivity contribution in [3.63, 3.8) is 0 Å². The van der Waals surface area contributed by atoms with Crippen molar-refractivity contribution in [2.24, 2.45) is 0 Å². The molecule has 1 heterocycles. The first-order valence-electron chi connectivity index (χ1n) is 4.81. The minimum absolute atomic E-state index is 0.0962. The van der Waals surface area contributed by atoms with E-state index in [1.165, 1.54) is 0 Å². The Labute approximate surface area is 83.7 Å². The summed E-state index contributed by atoms with van der Waals surface area (Å²) in [5, 5.41) is 15.5. The van der Waals surface area contributed by atoms with Gasteiger partial charge in [-0.15, -0.1) is 0 Å². The Kier molecular flexibility index (Phi) is 2.28. The van der Waals surface area contributed by atoms with E-state index in [-0.39, 0.29) is 6.04 Å². The molecule has 1 aromatic rings. The summed E-state index contributed by atoms with van der Waals surface area (Å²) in [7, 11) is 0. The molecule has 0 aliphatic carbocycles. The smallest absolute Gasteiger partial charge is 0.116 e. The van der Waals surface area contributed by atoms with Crippen LogP contribution in [0.25, 0.3) is 0 Å². The molecule has 2 N–H and O–H groups in total. The molecule has 3 heteroatoms. The Bertz CT molecular complexity index is 367. The second-order valence-corrected chi connectivity index (χ2v) is 3.65. The molecule has 0 fully saturated rings. The van der Waals surface area contributed by atoms with Gasteiger partial charge in [0, 0.05) is 12.5 Å². The molecule has 2 rings (SSSR count). The van der Waals surface area contributed by atoms with Gasteiger partial charge in [-0.2, -0.15) is 5.26 Å². The number of rotatable bonds is 0. The number of nitrogens with zero attached hydrogens (tertiary/aromatic N) is 1. The standard InChI is InChI=1S/C11H13N3/c1-8-6-9(7-12)14-11-5-3-2-4-10(11)13-8/h2-5,8-9,13-14H,6H2,1H3. The maximum atomic E-state index is 8.92. The lowest BCUT2D eigenvalue weighted by Gasteiger charge is -2.11. The first kappa shape index (κ1) is 8.89. The summed E-state index contributed by atoms with van der Waals surface area (Å²) < 4.78 is 0. The Morgan fingerprint density at radius 1 is 1.29 bits per heavy atom. The van der Waals surface area contributed by atoms with Crippen molar-refractivity contribution < 1.29 is 0 Å². The summed E-state index contributed by atoms with van der Waals surface area (Å²) in [6, 6.07) is 10.5. The average Bonchev–Trinajstić information content (AvgIpc) is 2.35. The van der Waals surface area contributed by atoms with Crippen LogP contribution in [-0.4, -0.2) is 12.1 Å². The molecule has 0 saturated carbocycles. The van der Waals surface area contributed by atoms with E-state index >= 15 is 0 Å². The molecule has 0 amide bonds. The molecule has 3 nitrogen and oxygen atoms in total. The highest BCUT2D eigenvalue weighted by molar-refractivity contribution is 5.70. The summed E-state index contributed by atoms with van der Waals surface area (Å²) in [6.45, 7) is 2.09. The fraction of sp³-hybridized carbons (Fsp3) is 0.364. The minimum atomic E-state index is -0.0962. The summed E-state index contributed by atoms with van der Waals surface area (Å²) in [5.41, 5.74) is 2.10. The minimum Gasteiger partial charge on any atom is -0.381 e. The van der Waals surface area contributed by atoms with E-state index in [4.69, 9.17) is 5.26 Å². The molecule has 2 unspecified atom stereocenters. The lowest BCUT2D eigenvalue weighted by Crippen LogP contribution is -2.22. The van der Waals surface area contributed by atoms with Gasteiger partial charge in [0.15, 0.2) is 0 Å². The monoisotopic (exact) mass is 187 g/mol. The first-order valence-corrected chi connectivity index (χ1v) is 4.81. The molecule has 0 saturated heterocycles. The van der Waals surface area contributed by atoms with Gasteiger partial charge in [-0.1, -0.05) is 12.1 Å². The number of nitrogens with one attached hydrogen (secondary N) is 2. The van der Waals surface area contributed by atoms with Gasteiger partial charge in [-0.05, 0) is 19.1 Å². The lowest BCUT2D eigenvalue weighted by atomic mass is 10.1. The van der Waals surface area contributed by atoms with Gasteiger partial charge in [-0.3, -0.25) is 0 Å². The second-order valence-electron chi connectivity index (χ2n) is 3.65. The summed E-state index contributed by atoms with van der Waals surface area (Å²) >= 11 is 0. The van der Waals surface area contributed by atoms with E-state index in [0.717, 1.165) is 17.8 Å². The Hall–Kier alpha value is -1.69. The highest BCUT2D eigenvalue weighted by atomic mass is 15.0. The van der Waals surface area contributed by atoms with E-state index < -0.39 is 0 Å². The zero-order valence-electron chi connectivity index (χ0n) is 8.12. The van der Waals surface area contributed by atoms with Crippen LogP contribution in [0.15, 0.2) is 24.3 Å². The number of benzene rings is 1. The zero-order chi connectivity index (χ0) is 9.97. The molecular weight excluding hydrogens is 174 g/mol. The molecule has 14 heavy (non-hydrogen) atoms. The molecule has 72 valence electrons. The highest BCUT2D eigenvalue weighted by Crippen LogP contribution is 2.26. The second kappa shape index (κ2) is 3.59. The molecule has 0 aromatic heterocycles. The van der Waals surface area contributed by atoms with Crippen molar-refractivity contribution in [1.82, 2.24) is 0 Å². The number of nitriles is 1. The van der Waals surface area contributed by atoms with Crippen molar-refractivity contribution in [2.75, 3.05) is 10.6 Å². The van der Waals surface area contributed by atoms with Crippen LogP contribution >= 0.6 is 0 Å². The van der Waals surface area contributed by atoms with Crippen LogP contribution in [-0.2, 0) is 0 Å². The van der Waals surface area contributed by atoms with Crippen LogP contribution in [0.4, 0.5) is 11.4 Å². The molecule has 1 aromatic carbocycles. The van der Waals surface area contributed by atoms with Gasteiger partial charge in [-0.25, -0.2) is 0 Å². The van der Waals surface area contributed by atoms with Gasteiger partial charge >= 0.3 is 0 Å². The van der Waals surface area contributed by atoms with Crippen LogP contribution in [0.1, 0.15) is 13.3 Å². The number of fused-ring (bicyclic) bond motifs is 1. The fourth-order valence-electron chi connectivity index (χ4n) is 1.74. The number of para-hydroxylation sites is 2. The third kappa shape index (κ3) is 1.64. The topological polar surface area (TPSA) is 47.9 Å². The molecule has 0 spiro atoms. The van der Waals surface area contributed by atoms with Gasteiger partial charge < -0.3 is 10.6 Å². The van der Waals surface area contributed by atoms with E-state index in [0.29, 0.717) is 6.04 Å². The lowest BCUT2D eigenvalue weighted by molar-refractivity contribution is 0.687. The van der Waals surface area contributed by atoms with Crippen molar-refractivity contribution in [1.29, 1.82) is 5.26 Å². The third-order valence-electron chi connectivity index (χ3n) is 2.40. The van der Waals surface area contributed by atoms with Crippen molar-refractivity contribution in [2.45, 2.75) is 25.4 Å². The molecule has 0 radical (unpaired) electrons. The van der Waals surface area contributed by atoms with Gasteiger partial charge in [0.25, 0.3) is 0 Å². The highest BCUT2D eigenvalue weighted by Gasteiger charge is 2.18. The summed E-state index contributed by atoms with van der Waals surface area (Å²) in [6.07, 6.45) is 0.825. The van der Waals surface area contributed by atoms with Crippen LogP contribution in [0, 0.1) is 11.3 Å². The number of hydrogen-bond acceptors (Lipinski definition) is 3. The molecule has 2 atom stereocenters. The van der Waals surface area contributed by atoms with Crippen molar-refractivity contribution in [3.05, 3.63) is 24.3 Å². The average molecular weight is 187 g/mol. The van der Waals surface area contributed by atoms with Gasteiger partial charge in [0.1, 0.15) is 6.04 Å². The summed E-state index contributed by atoms with van der Waals surface area (Å²) in [4.78, 5) is 0. The predicted molar refractivity (Wildman–Crippen MR) is 57.2 cm³/mol. The van der Waals surface area contributed by atoms with Crippen LogP contribution in [0.3, 0.4) is 0 Å². The van der Waals surface area contributed by atoms with E-state index in [2.05, 4.69) is 23.6 Å². The van der Waals surface area contributed by atoms with E-state index in [1.807, 2.05) is 24.3 Å². The summed E-state index contributed by atoms with van der Waals surface area (Å²) in [5.74, 6) is 0. The zero-order valence-corrected chi connectivity index (χ0v) is 8.12. The van der Waals surface area contributed by atoms with Crippen molar-refractivity contribution in [3.8, 4) is 6.07 Å². The number of anilines is 2. The third-order valence-corrected chi connectivity index (χ3v) is 2.40. The largest absolute Gasteiger partial charge is 0.381 e. The van der Waals surface area contributed by atoms with Crippen LogP contribution in [0.2, 0.25) is 0 Å². The molecule has 1 aliphatic rings. The maximum absolute atomic E-state index is 8.92. The maximum Gasteiger partial charge on any atom is 0.116 e. The molecular formula is C11H13N3. The van der Waals surface area contributed by atoms with Crippen LogP contribution < -0.4 is 10.6 Å². The first-order chi connectivity index (χ1) is 6.79. The fourth-order valence-corrected chi connectivity index (χ4v) is 1.74. The quantitative estimate of drug-likeness (QED) is 0.654.